The summed E-state index contributed by atoms with van der Waals surface area (Å²) in [4.78, 5) is 4.61. The number of alkyl halides is 1. The van der Waals surface area contributed by atoms with Gasteiger partial charge < -0.3 is 13.9 Å². The van der Waals surface area contributed by atoms with Crippen molar-refractivity contribution in [3.05, 3.63) is 42.5 Å². The average Bonchev–Trinajstić information content (AvgIpc) is 3.28. The van der Waals surface area contributed by atoms with E-state index >= 15 is 0 Å². The van der Waals surface area contributed by atoms with Crippen LogP contribution in [0.25, 0.3) is 22.6 Å². The molecule has 196 valence electrons. The van der Waals surface area contributed by atoms with Crippen LogP contribution in [0.3, 0.4) is 0 Å². The van der Waals surface area contributed by atoms with Crippen LogP contribution in [0, 0.1) is 17.3 Å². The second kappa shape index (κ2) is 15.7. The Morgan fingerprint density at radius 2 is 1.54 bits per heavy atom. The molecule has 1 atom stereocenters. The molecule has 0 spiro atoms. The normalized spacial score (nSPS) is 11.9. The van der Waals surface area contributed by atoms with Crippen molar-refractivity contribution < 1.29 is 13.9 Å². The lowest BCUT2D eigenvalue weighted by Crippen LogP contribution is -2.17. The molecule has 0 aliphatic carbocycles. The third-order valence-corrected chi connectivity index (χ3v) is 6.00. The second-order valence-electron chi connectivity index (χ2n) is 9.61. The van der Waals surface area contributed by atoms with E-state index in [1.54, 1.807) is 0 Å². The van der Waals surface area contributed by atoms with Crippen LogP contribution >= 0.6 is 11.6 Å². The summed E-state index contributed by atoms with van der Waals surface area (Å²) in [5.41, 5.74) is 2.51. The number of halogens is 1. The number of rotatable bonds is 11. The maximum absolute atomic E-state index is 5.99. The van der Waals surface area contributed by atoms with Crippen LogP contribution in [0.2, 0.25) is 0 Å². The van der Waals surface area contributed by atoms with Crippen molar-refractivity contribution in [1.29, 1.82) is 0 Å². The third kappa shape index (κ3) is 10.5. The number of benzene rings is 2. The minimum absolute atomic E-state index is 0.0629. The van der Waals surface area contributed by atoms with Crippen LogP contribution in [0.4, 0.5) is 0 Å². The first-order chi connectivity index (χ1) is 16.8. The first-order valence-electron chi connectivity index (χ1n) is 13.1. The minimum Gasteiger partial charge on any atom is -0.493 e. The van der Waals surface area contributed by atoms with Gasteiger partial charge in [0.25, 0.3) is 0 Å². The highest BCUT2D eigenvalue weighted by Crippen LogP contribution is 2.29. The number of hydrogen-bond donors (Lipinski definition) is 0. The van der Waals surface area contributed by atoms with Gasteiger partial charge >= 0.3 is 0 Å². The zero-order chi connectivity index (χ0) is 26.4. The van der Waals surface area contributed by atoms with Crippen molar-refractivity contribution in [1.82, 2.24) is 4.98 Å². The molecule has 0 fully saturated rings. The molecule has 0 saturated heterocycles. The van der Waals surface area contributed by atoms with E-state index in [0.29, 0.717) is 35.8 Å². The number of oxazole rings is 1. The summed E-state index contributed by atoms with van der Waals surface area (Å²) in [7, 11) is 0. The summed E-state index contributed by atoms with van der Waals surface area (Å²) in [5.74, 6) is 4.07. The van der Waals surface area contributed by atoms with Crippen LogP contribution in [-0.2, 0) is 0 Å². The van der Waals surface area contributed by atoms with Crippen molar-refractivity contribution in [3.63, 3.8) is 0 Å². The molecule has 1 unspecified atom stereocenters. The van der Waals surface area contributed by atoms with Gasteiger partial charge in [-0.2, -0.15) is 0 Å². The molecule has 0 aliphatic heterocycles. The van der Waals surface area contributed by atoms with Gasteiger partial charge in [0.2, 0.25) is 5.89 Å². The van der Waals surface area contributed by atoms with Gasteiger partial charge in [0.1, 0.15) is 17.0 Å². The highest BCUT2D eigenvalue weighted by Gasteiger charge is 2.16. The number of hydrogen-bond acceptors (Lipinski definition) is 4. The Bertz CT molecular complexity index is 963. The molecule has 1 aromatic heterocycles. The lowest BCUT2D eigenvalue weighted by atomic mass is 9.93. The van der Waals surface area contributed by atoms with Gasteiger partial charge in [-0.05, 0) is 66.5 Å². The fourth-order valence-corrected chi connectivity index (χ4v) is 3.57. The highest BCUT2D eigenvalue weighted by molar-refractivity contribution is 6.18. The van der Waals surface area contributed by atoms with Crippen LogP contribution in [0.15, 0.2) is 46.9 Å². The number of ether oxygens (including phenoxy) is 2. The molecule has 0 bridgehead atoms. The quantitative estimate of drug-likeness (QED) is 0.244. The molecule has 3 rings (SSSR count). The minimum atomic E-state index is 0.0629. The summed E-state index contributed by atoms with van der Waals surface area (Å²) >= 11 is 5.99. The van der Waals surface area contributed by atoms with E-state index in [4.69, 9.17) is 25.5 Å². The number of nitrogens with zero attached hydrogens (tertiary/aromatic N) is 1. The maximum Gasteiger partial charge on any atom is 0.227 e. The molecule has 0 saturated carbocycles. The molecule has 1 heterocycles. The molecule has 5 heteroatoms. The van der Waals surface area contributed by atoms with Crippen molar-refractivity contribution in [2.45, 2.75) is 75.2 Å². The van der Waals surface area contributed by atoms with Crippen LogP contribution in [0.1, 0.15) is 75.2 Å². The van der Waals surface area contributed by atoms with Gasteiger partial charge in [0.15, 0.2) is 5.58 Å². The van der Waals surface area contributed by atoms with Gasteiger partial charge in [0, 0.05) is 17.5 Å². The Labute approximate surface area is 218 Å². The Hall–Kier alpha value is -2.20. The van der Waals surface area contributed by atoms with E-state index in [2.05, 4.69) is 39.6 Å². The van der Waals surface area contributed by atoms with E-state index < -0.39 is 0 Å². The number of aromatic nitrogens is 1. The molecule has 0 N–H and O–H groups in total. The molecule has 3 aromatic rings. The molecular weight excluding hydrogens is 458 g/mol. The molecule has 0 amide bonds. The third-order valence-electron chi connectivity index (χ3n) is 5.28. The predicted molar refractivity (Wildman–Crippen MR) is 151 cm³/mol. The van der Waals surface area contributed by atoms with Gasteiger partial charge in [-0.3, -0.25) is 0 Å². The molecule has 0 aliphatic rings. The summed E-state index contributed by atoms with van der Waals surface area (Å²) in [5, 5.41) is 0. The largest absolute Gasteiger partial charge is 0.493 e. The molecule has 35 heavy (non-hydrogen) atoms. The molecule has 0 radical (unpaired) electrons. The molecule has 4 nitrogen and oxygen atoms in total. The van der Waals surface area contributed by atoms with Gasteiger partial charge in [-0.25, -0.2) is 4.98 Å². The van der Waals surface area contributed by atoms with Crippen LogP contribution in [0.5, 0.6) is 11.5 Å². The van der Waals surface area contributed by atoms with E-state index in [1.165, 1.54) is 0 Å². The van der Waals surface area contributed by atoms with E-state index in [9.17, 15) is 0 Å². The average molecular weight is 504 g/mol. The van der Waals surface area contributed by atoms with Crippen molar-refractivity contribution in [2.75, 3.05) is 19.1 Å². The topological polar surface area (TPSA) is 44.5 Å². The fraction of sp³-hybridized carbons (Fsp3) is 0.567. The molecular formula is C30H46ClNO3. The van der Waals surface area contributed by atoms with Crippen molar-refractivity contribution in [3.8, 4) is 23.0 Å². The zero-order valence-electron chi connectivity index (χ0n) is 23.3. The summed E-state index contributed by atoms with van der Waals surface area (Å²) in [6.07, 6.45) is 2.05. The number of fused-ring (bicyclic) bond motifs is 1. The smallest absolute Gasteiger partial charge is 0.227 e. The fourth-order valence-electron chi connectivity index (χ4n) is 3.44. The predicted octanol–water partition coefficient (Wildman–Crippen LogP) is 9.64. The van der Waals surface area contributed by atoms with Crippen LogP contribution < -0.4 is 9.47 Å². The van der Waals surface area contributed by atoms with Gasteiger partial charge in [-0.1, -0.05) is 62.3 Å². The molecule has 2 aromatic carbocycles. The van der Waals surface area contributed by atoms with Crippen molar-refractivity contribution in [2.24, 2.45) is 17.3 Å². The van der Waals surface area contributed by atoms with E-state index in [0.717, 1.165) is 42.0 Å². The lowest BCUT2D eigenvalue weighted by molar-refractivity contribution is 0.239. The Kier molecular flexibility index (Phi) is 13.9. The first kappa shape index (κ1) is 30.8. The van der Waals surface area contributed by atoms with Crippen LogP contribution in [-0.4, -0.2) is 24.1 Å². The van der Waals surface area contributed by atoms with E-state index in [-0.39, 0.29) is 5.41 Å². The maximum atomic E-state index is 5.99. The van der Waals surface area contributed by atoms with Gasteiger partial charge in [0.05, 0.1) is 13.2 Å². The lowest BCUT2D eigenvalue weighted by Gasteiger charge is -2.20. The Morgan fingerprint density at radius 1 is 0.914 bits per heavy atom. The monoisotopic (exact) mass is 503 g/mol. The first-order valence-corrected chi connectivity index (χ1v) is 13.6. The zero-order valence-corrected chi connectivity index (χ0v) is 24.0. The van der Waals surface area contributed by atoms with E-state index in [1.807, 2.05) is 70.2 Å². The highest BCUT2D eigenvalue weighted by atomic mass is 35.5. The Balaban J connectivity index is 0.00000145. The van der Waals surface area contributed by atoms with Crippen molar-refractivity contribution >= 4 is 22.7 Å². The second-order valence-corrected chi connectivity index (χ2v) is 9.88. The standard InChI is InChI=1S/C26H34ClNO3.2C2H6/c1-18(2)14-19(3)16-30-21-8-6-20(7-9-21)25-28-23-11-10-22(15-24(23)31-25)29-13-12-26(4,5)17-27;2*1-2/h6-11,15,18-19H,12-14,16-17H2,1-5H3;2*1-2H3. The SMILES string of the molecule is CC.CC.CC(C)CC(C)COc1ccc(-c2nc3ccc(OCCC(C)(C)CCl)cc3o2)cc1. The Morgan fingerprint density at radius 3 is 2.14 bits per heavy atom. The summed E-state index contributed by atoms with van der Waals surface area (Å²) in [6.45, 7) is 20.3. The summed E-state index contributed by atoms with van der Waals surface area (Å²) < 4.78 is 17.8. The summed E-state index contributed by atoms with van der Waals surface area (Å²) in [6, 6.07) is 13.7. The van der Waals surface area contributed by atoms with Gasteiger partial charge in [-0.15, -0.1) is 11.6 Å².